The highest BCUT2D eigenvalue weighted by Crippen LogP contribution is 2.27. The first kappa shape index (κ1) is 12.4. The van der Waals surface area contributed by atoms with E-state index < -0.39 is 0 Å². The zero-order valence-electron chi connectivity index (χ0n) is 10.9. The quantitative estimate of drug-likeness (QED) is 0.775. The summed E-state index contributed by atoms with van der Waals surface area (Å²) >= 11 is 0. The molecule has 1 nitrogen and oxygen atoms in total. The Labute approximate surface area is 105 Å². The van der Waals surface area contributed by atoms with Crippen molar-refractivity contribution >= 4 is 0 Å². The van der Waals surface area contributed by atoms with Gasteiger partial charge in [-0.05, 0) is 43.7 Å². The van der Waals surface area contributed by atoms with Crippen molar-refractivity contribution < 1.29 is 0 Å². The van der Waals surface area contributed by atoms with Gasteiger partial charge in [0, 0.05) is 6.54 Å². The summed E-state index contributed by atoms with van der Waals surface area (Å²) in [4.78, 5) is 0. The van der Waals surface area contributed by atoms with Gasteiger partial charge in [0.1, 0.15) is 0 Å². The van der Waals surface area contributed by atoms with E-state index in [4.69, 9.17) is 0 Å². The van der Waals surface area contributed by atoms with Crippen molar-refractivity contribution in [3.05, 3.63) is 47.5 Å². The average molecular weight is 229 g/mol. The molecule has 0 saturated heterocycles. The fourth-order valence-electron chi connectivity index (χ4n) is 2.86. The van der Waals surface area contributed by atoms with Crippen LogP contribution in [0.1, 0.15) is 32.3 Å². The van der Waals surface area contributed by atoms with E-state index in [1.54, 1.807) is 5.57 Å². The lowest BCUT2D eigenvalue weighted by atomic mass is 9.84. The van der Waals surface area contributed by atoms with E-state index in [2.05, 4.69) is 55.6 Å². The fraction of sp³-hybridized carbons (Fsp3) is 0.500. The summed E-state index contributed by atoms with van der Waals surface area (Å²) in [6.07, 6.45) is 5.03. The molecule has 17 heavy (non-hydrogen) atoms. The second-order valence-electron chi connectivity index (χ2n) is 5.41. The Morgan fingerprint density at radius 2 is 2.00 bits per heavy atom. The van der Waals surface area contributed by atoms with Crippen molar-refractivity contribution in [3.8, 4) is 0 Å². The monoisotopic (exact) mass is 229 g/mol. The molecule has 1 aliphatic carbocycles. The highest BCUT2D eigenvalue weighted by Gasteiger charge is 2.17. The summed E-state index contributed by atoms with van der Waals surface area (Å²) in [6.45, 7) is 6.73. The second kappa shape index (κ2) is 6.02. The third-order valence-corrected chi connectivity index (χ3v) is 3.49. The van der Waals surface area contributed by atoms with Crippen molar-refractivity contribution in [3.63, 3.8) is 0 Å². The van der Waals surface area contributed by atoms with Crippen molar-refractivity contribution in [2.75, 3.05) is 6.54 Å². The molecular formula is C16H23N. The number of hydrogen-bond donors (Lipinski definition) is 1. The predicted octanol–water partition coefficient (Wildman–Crippen LogP) is 3.77. The van der Waals surface area contributed by atoms with Crippen LogP contribution < -0.4 is 5.32 Å². The van der Waals surface area contributed by atoms with Crippen molar-refractivity contribution in [2.24, 2.45) is 11.8 Å². The summed E-state index contributed by atoms with van der Waals surface area (Å²) in [5.74, 6) is 1.57. The summed E-state index contributed by atoms with van der Waals surface area (Å²) in [5, 5.41) is 3.59. The normalized spacial score (nSPS) is 24.5. The van der Waals surface area contributed by atoms with E-state index in [1.165, 1.54) is 18.4 Å². The Balaban J connectivity index is 1.74. The number of allylic oxidation sites excluding steroid dienone is 2. The van der Waals surface area contributed by atoms with Crippen LogP contribution in [0.25, 0.3) is 0 Å². The van der Waals surface area contributed by atoms with Crippen LogP contribution in [0.3, 0.4) is 0 Å². The van der Waals surface area contributed by atoms with E-state index >= 15 is 0 Å². The Hall–Kier alpha value is -1.08. The second-order valence-corrected chi connectivity index (χ2v) is 5.41. The van der Waals surface area contributed by atoms with Gasteiger partial charge in [0.25, 0.3) is 0 Å². The van der Waals surface area contributed by atoms with Gasteiger partial charge in [-0.2, -0.15) is 0 Å². The van der Waals surface area contributed by atoms with Gasteiger partial charge in [-0.15, -0.1) is 0 Å². The molecule has 0 radical (unpaired) electrons. The number of benzene rings is 1. The molecule has 2 unspecified atom stereocenters. The molecule has 1 N–H and O–H groups in total. The minimum absolute atomic E-state index is 0.757. The molecule has 0 saturated carbocycles. The Kier molecular flexibility index (Phi) is 4.38. The topological polar surface area (TPSA) is 12.0 Å². The average Bonchev–Trinajstić information content (AvgIpc) is 2.29. The van der Waals surface area contributed by atoms with Crippen LogP contribution in [0, 0.1) is 11.8 Å². The lowest BCUT2D eigenvalue weighted by Gasteiger charge is -2.25. The van der Waals surface area contributed by atoms with E-state index in [9.17, 15) is 0 Å². The van der Waals surface area contributed by atoms with Gasteiger partial charge in [0.2, 0.25) is 0 Å². The smallest absolute Gasteiger partial charge is 0.0205 e. The van der Waals surface area contributed by atoms with Crippen molar-refractivity contribution in [2.45, 2.75) is 33.2 Å². The highest BCUT2D eigenvalue weighted by molar-refractivity contribution is 5.14. The molecule has 2 atom stereocenters. The van der Waals surface area contributed by atoms with E-state index in [0.717, 1.165) is 24.9 Å². The molecule has 0 fully saturated rings. The highest BCUT2D eigenvalue weighted by atomic mass is 14.9. The Morgan fingerprint density at radius 3 is 2.71 bits per heavy atom. The van der Waals surface area contributed by atoms with Crippen LogP contribution in [0.2, 0.25) is 0 Å². The molecule has 1 aromatic carbocycles. The van der Waals surface area contributed by atoms with Crippen LogP contribution in [0.15, 0.2) is 42.0 Å². The molecule has 0 spiro atoms. The van der Waals surface area contributed by atoms with Gasteiger partial charge in [-0.1, -0.05) is 48.9 Å². The first-order valence-corrected chi connectivity index (χ1v) is 6.66. The summed E-state index contributed by atoms with van der Waals surface area (Å²) in [5.41, 5.74) is 2.94. The van der Waals surface area contributed by atoms with E-state index in [1.807, 2.05) is 0 Å². The minimum atomic E-state index is 0.757. The number of rotatable bonds is 4. The van der Waals surface area contributed by atoms with Crippen LogP contribution >= 0.6 is 0 Å². The number of hydrogen-bond acceptors (Lipinski definition) is 1. The van der Waals surface area contributed by atoms with Crippen molar-refractivity contribution in [1.82, 2.24) is 5.32 Å². The van der Waals surface area contributed by atoms with Crippen LogP contribution in [0.4, 0.5) is 0 Å². The van der Waals surface area contributed by atoms with E-state index in [-0.39, 0.29) is 0 Å². The molecule has 0 aliphatic heterocycles. The van der Waals surface area contributed by atoms with Crippen LogP contribution in [-0.4, -0.2) is 6.54 Å². The summed E-state index contributed by atoms with van der Waals surface area (Å²) in [7, 11) is 0. The third kappa shape index (κ3) is 4.01. The maximum Gasteiger partial charge on any atom is 0.0205 e. The largest absolute Gasteiger partial charge is 0.312 e. The van der Waals surface area contributed by atoms with Crippen LogP contribution in [-0.2, 0) is 6.54 Å². The molecule has 2 rings (SSSR count). The molecule has 1 aromatic rings. The van der Waals surface area contributed by atoms with Gasteiger partial charge < -0.3 is 5.32 Å². The molecule has 0 heterocycles. The lowest BCUT2D eigenvalue weighted by Crippen LogP contribution is -2.25. The first-order chi connectivity index (χ1) is 8.24. The van der Waals surface area contributed by atoms with Gasteiger partial charge >= 0.3 is 0 Å². The SMILES string of the molecule is CC1=CC(C)CC(CNCc2ccccc2)C1. The zero-order valence-corrected chi connectivity index (χ0v) is 10.9. The zero-order chi connectivity index (χ0) is 12.1. The van der Waals surface area contributed by atoms with Gasteiger partial charge in [-0.25, -0.2) is 0 Å². The summed E-state index contributed by atoms with van der Waals surface area (Å²) in [6, 6.07) is 10.6. The first-order valence-electron chi connectivity index (χ1n) is 6.66. The standard InChI is InChI=1S/C16H23N/c1-13-8-14(2)10-16(9-13)12-17-11-15-6-4-3-5-7-15/h3-8,13,16-17H,9-12H2,1-2H3. The number of nitrogens with one attached hydrogen (secondary N) is 1. The molecule has 1 aliphatic rings. The molecule has 0 bridgehead atoms. The van der Waals surface area contributed by atoms with Gasteiger partial charge in [0.15, 0.2) is 0 Å². The van der Waals surface area contributed by atoms with Crippen LogP contribution in [0.5, 0.6) is 0 Å². The molecule has 92 valence electrons. The predicted molar refractivity (Wildman–Crippen MR) is 73.8 cm³/mol. The molecule has 1 heteroatoms. The van der Waals surface area contributed by atoms with Gasteiger partial charge in [0.05, 0.1) is 0 Å². The van der Waals surface area contributed by atoms with Gasteiger partial charge in [-0.3, -0.25) is 0 Å². The minimum Gasteiger partial charge on any atom is -0.312 e. The Morgan fingerprint density at radius 1 is 1.24 bits per heavy atom. The lowest BCUT2D eigenvalue weighted by molar-refractivity contribution is 0.381. The van der Waals surface area contributed by atoms with Crippen molar-refractivity contribution in [1.29, 1.82) is 0 Å². The maximum absolute atomic E-state index is 3.59. The Bertz CT molecular complexity index is 366. The van der Waals surface area contributed by atoms with E-state index in [0.29, 0.717) is 0 Å². The maximum atomic E-state index is 3.59. The third-order valence-electron chi connectivity index (χ3n) is 3.49. The fourth-order valence-corrected chi connectivity index (χ4v) is 2.86. The molecular weight excluding hydrogens is 206 g/mol. The molecule has 0 aromatic heterocycles. The molecule has 0 amide bonds. The summed E-state index contributed by atoms with van der Waals surface area (Å²) < 4.78 is 0.